The molecule has 3 nitrogen and oxygen atoms in total. The van der Waals surface area contributed by atoms with Gasteiger partial charge in [0, 0.05) is 15.3 Å². The van der Waals surface area contributed by atoms with Gasteiger partial charge in [-0.15, -0.1) is 24.8 Å². The number of alkyl halides is 4. The molecule has 8 heteroatoms. The average Bonchev–Trinajstić information content (AvgIpc) is 2.16. The molecule has 1 rings (SSSR count). The van der Waals surface area contributed by atoms with Crippen LogP contribution in [0, 0.1) is 3.57 Å². The standard InChI is InChI=1S/C8H6ClF3INO2/c9-1-4-5(13)2-14-6(3-15)7(4)16-8(10,11)12/h2,15H,1,3H2. The van der Waals surface area contributed by atoms with Crippen LogP contribution in [0.1, 0.15) is 11.3 Å². The van der Waals surface area contributed by atoms with Crippen LogP contribution in [-0.4, -0.2) is 16.5 Å². The summed E-state index contributed by atoms with van der Waals surface area (Å²) in [6, 6.07) is 0. The second-order valence-corrected chi connectivity index (χ2v) is 4.13. The van der Waals surface area contributed by atoms with Gasteiger partial charge in [0.15, 0.2) is 5.75 Å². The molecule has 1 aromatic heterocycles. The Morgan fingerprint density at radius 3 is 2.56 bits per heavy atom. The van der Waals surface area contributed by atoms with Crippen LogP contribution in [0.4, 0.5) is 13.2 Å². The summed E-state index contributed by atoms with van der Waals surface area (Å²) in [5.41, 5.74) is -0.0213. The maximum Gasteiger partial charge on any atom is 0.573 e. The first-order valence-electron chi connectivity index (χ1n) is 3.98. The van der Waals surface area contributed by atoms with Gasteiger partial charge in [-0.2, -0.15) is 0 Å². The van der Waals surface area contributed by atoms with E-state index in [-0.39, 0.29) is 17.1 Å². The predicted molar refractivity (Wildman–Crippen MR) is 59.1 cm³/mol. The SMILES string of the molecule is OCc1ncc(I)c(CCl)c1OC(F)(F)F. The van der Waals surface area contributed by atoms with E-state index in [1.54, 1.807) is 22.6 Å². The molecule has 0 unspecified atom stereocenters. The predicted octanol–water partition coefficient (Wildman–Crippen LogP) is 2.82. The number of rotatable bonds is 3. The summed E-state index contributed by atoms with van der Waals surface area (Å²) < 4.78 is 40.6. The van der Waals surface area contributed by atoms with Crippen LogP contribution in [0.25, 0.3) is 0 Å². The summed E-state index contributed by atoms with van der Waals surface area (Å²) >= 11 is 7.33. The lowest BCUT2D eigenvalue weighted by Crippen LogP contribution is -2.20. The first-order chi connectivity index (χ1) is 7.39. The molecule has 0 saturated carbocycles. The summed E-state index contributed by atoms with van der Waals surface area (Å²) in [5.74, 6) is -0.670. The van der Waals surface area contributed by atoms with Gasteiger partial charge >= 0.3 is 6.36 Å². The minimum absolute atomic E-state index is 0.154. The second-order valence-electron chi connectivity index (χ2n) is 2.70. The average molecular weight is 367 g/mol. The van der Waals surface area contributed by atoms with Crippen LogP contribution >= 0.6 is 34.2 Å². The number of ether oxygens (including phenoxy) is 1. The number of hydrogen-bond donors (Lipinski definition) is 1. The lowest BCUT2D eigenvalue weighted by atomic mass is 10.2. The van der Waals surface area contributed by atoms with Crippen LogP contribution < -0.4 is 4.74 Å². The summed E-state index contributed by atoms with van der Waals surface area (Å²) in [6.45, 7) is -0.647. The smallest absolute Gasteiger partial charge is 0.403 e. The fourth-order valence-corrected chi connectivity index (χ4v) is 2.09. The zero-order valence-corrected chi connectivity index (χ0v) is 10.6. The van der Waals surface area contributed by atoms with Crippen molar-refractivity contribution in [1.82, 2.24) is 4.98 Å². The van der Waals surface area contributed by atoms with Crippen molar-refractivity contribution in [3.8, 4) is 5.75 Å². The molecule has 0 amide bonds. The quantitative estimate of drug-likeness (QED) is 0.660. The molecule has 0 aliphatic carbocycles. The Balaban J connectivity index is 3.25. The van der Waals surface area contributed by atoms with Gasteiger partial charge in [-0.25, -0.2) is 0 Å². The molecular formula is C8H6ClF3INO2. The van der Waals surface area contributed by atoms with Crippen molar-refractivity contribution in [2.24, 2.45) is 0 Å². The molecule has 1 aromatic rings. The van der Waals surface area contributed by atoms with Gasteiger partial charge in [-0.1, -0.05) is 0 Å². The summed E-state index contributed by atoms with van der Waals surface area (Å²) in [4.78, 5) is 3.65. The van der Waals surface area contributed by atoms with E-state index in [1.807, 2.05) is 0 Å². The van der Waals surface area contributed by atoms with Crippen LogP contribution in [-0.2, 0) is 12.5 Å². The lowest BCUT2D eigenvalue weighted by molar-refractivity contribution is -0.275. The highest BCUT2D eigenvalue weighted by Crippen LogP contribution is 2.32. The Hall–Kier alpha value is -0.280. The third-order valence-corrected chi connectivity index (χ3v) is 2.86. The van der Waals surface area contributed by atoms with Gasteiger partial charge in [-0.3, -0.25) is 4.98 Å². The van der Waals surface area contributed by atoms with Crippen LogP contribution in [0.2, 0.25) is 0 Å². The van der Waals surface area contributed by atoms with Crippen LogP contribution in [0.3, 0.4) is 0 Å². The minimum atomic E-state index is -4.84. The Morgan fingerprint density at radius 2 is 2.12 bits per heavy atom. The number of aliphatic hydroxyl groups excluding tert-OH is 1. The zero-order valence-electron chi connectivity index (χ0n) is 7.68. The van der Waals surface area contributed by atoms with E-state index in [2.05, 4.69) is 9.72 Å². The van der Waals surface area contributed by atoms with Gasteiger partial charge in [-0.05, 0) is 22.6 Å². The molecule has 0 saturated heterocycles. The van der Waals surface area contributed by atoms with E-state index in [1.165, 1.54) is 6.20 Å². The highest BCUT2D eigenvalue weighted by atomic mass is 127. The van der Waals surface area contributed by atoms with Crippen LogP contribution in [0.5, 0.6) is 5.75 Å². The largest absolute Gasteiger partial charge is 0.573 e. The molecule has 1 heterocycles. The monoisotopic (exact) mass is 367 g/mol. The normalized spacial score (nSPS) is 11.6. The minimum Gasteiger partial charge on any atom is -0.403 e. The lowest BCUT2D eigenvalue weighted by Gasteiger charge is -2.15. The molecular weight excluding hydrogens is 361 g/mol. The number of nitrogens with zero attached hydrogens (tertiary/aromatic N) is 1. The Bertz CT molecular complexity index is 386. The molecule has 1 N–H and O–H groups in total. The van der Waals surface area contributed by atoms with E-state index >= 15 is 0 Å². The van der Waals surface area contributed by atoms with Crippen molar-refractivity contribution in [2.75, 3.05) is 0 Å². The topological polar surface area (TPSA) is 42.4 Å². The third-order valence-electron chi connectivity index (χ3n) is 1.66. The fraction of sp³-hybridized carbons (Fsp3) is 0.375. The summed E-state index contributed by atoms with van der Waals surface area (Å²) in [7, 11) is 0. The molecule has 0 aromatic carbocycles. The van der Waals surface area contributed by atoms with Gasteiger partial charge in [0.05, 0.1) is 12.5 Å². The van der Waals surface area contributed by atoms with Crippen molar-refractivity contribution < 1.29 is 23.0 Å². The second kappa shape index (κ2) is 5.37. The molecule has 0 aliphatic rings. The van der Waals surface area contributed by atoms with Gasteiger partial charge in [0.25, 0.3) is 0 Å². The van der Waals surface area contributed by atoms with E-state index < -0.39 is 18.7 Å². The van der Waals surface area contributed by atoms with E-state index in [0.29, 0.717) is 3.57 Å². The summed E-state index contributed by atoms with van der Waals surface area (Å²) in [5, 5.41) is 8.87. The molecule has 0 aliphatic heterocycles. The molecule has 0 atom stereocenters. The van der Waals surface area contributed by atoms with Crippen molar-refractivity contribution >= 4 is 34.2 Å². The molecule has 0 fully saturated rings. The van der Waals surface area contributed by atoms with Gasteiger partial charge in [0.1, 0.15) is 5.69 Å². The van der Waals surface area contributed by atoms with E-state index in [4.69, 9.17) is 16.7 Å². The van der Waals surface area contributed by atoms with Gasteiger partial charge < -0.3 is 9.84 Å². The van der Waals surface area contributed by atoms with Crippen LogP contribution in [0.15, 0.2) is 6.20 Å². The van der Waals surface area contributed by atoms with Gasteiger partial charge in [0.2, 0.25) is 0 Å². The van der Waals surface area contributed by atoms with Crippen molar-refractivity contribution in [1.29, 1.82) is 0 Å². The van der Waals surface area contributed by atoms with E-state index in [0.717, 1.165) is 0 Å². The highest BCUT2D eigenvalue weighted by Gasteiger charge is 2.34. The molecule has 16 heavy (non-hydrogen) atoms. The number of hydrogen-bond acceptors (Lipinski definition) is 3. The Morgan fingerprint density at radius 1 is 1.50 bits per heavy atom. The first kappa shape index (κ1) is 13.8. The Kier molecular flexibility index (Phi) is 4.62. The Labute approximate surface area is 108 Å². The number of pyridine rings is 1. The van der Waals surface area contributed by atoms with E-state index in [9.17, 15) is 13.2 Å². The first-order valence-corrected chi connectivity index (χ1v) is 5.59. The molecule has 0 spiro atoms. The number of aliphatic hydroxyl groups is 1. The van der Waals surface area contributed by atoms with Crippen molar-refractivity contribution in [3.63, 3.8) is 0 Å². The fourth-order valence-electron chi connectivity index (χ4n) is 1.03. The molecule has 90 valence electrons. The zero-order chi connectivity index (χ0) is 12.3. The maximum absolute atomic E-state index is 12.1. The molecule has 0 radical (unpaired) electrons. The highest BCUT2D eigenvalue weighted by molar-refractivity contribution is 14.1. The van der Waals surface area contributed by atoms with Crippen molar-refractivity contribution in [2.45, 2.75) is 18.8 Å². The molecule has 0 bridgehead atoms. The number of halogens is 5. The maximum atomic E-state index is 12.1. The van der Waals surface area contributed by atoms with Crippen molar-refractivity contribution in [3.05, 3.63) is 21.0 Å². The summed E-state index contributed by atoms with van der Waals surface area (Å²) in [6.07, 6.45) is -3.51. The third kappa shape index (κ3) is 3.36. The number of aromatic nitrogens is 1.